The van der Waals surface area contributed by atoms with Crippen molar-refractivity contribution in [2.75, 3.05) is 5.32 Å². The van der Waals surface area contributed by atoms with Crippen molar-refractivity contribution in [3.63, 3.8) is 0 Å². The monoisotopic (exact) mass is 355 g/mol. The molecule has 0 atom stereocenters. The van der Waals surface area contributed by atoms with Crippen LogP contribution in [-0.4, -0.2) is 5.91 Å². The van der Waals surface area contributed by atoms with Crippen LogP contribution in [0.5, 0.6) is 0 Å². The lowest BCUT2D eigenvalue weighted by Gasteiger charge is -2.08. The summed E-state index contributed by atoms with van der Waals surface area (Å²) in [4.78, 5) is 12.5. The van der Waals surface area contributed by atoms with Crippen LogP contribution >= 0.6 is 15.9 Å². The number of hydrogen-bond donors (Lipinski definition) is 1. The maximum absolute atomic E-state index is 12.5. The average Bonchev–Trinajstić information content (AvgIpc) is 2.71. The quantitative estimate of drug-likeness (QED) is 0.795. The Bertz CT molecular complexity index is 732. The van der Waals surface area contributed by atoms with Gasteiger partial charge in [0, 0.05) is 15.7 Å². The van der Waals surface area contributed by atoms with Crippen molar-refractivity contribution in [3.05, 3.63) is 69.2 Å². The number of carbonyl (C=O) groups is 1. The third-order valence-corrected chi connectivity index (χ3v) is 4.42. The molecule has 112 valence electrons. The maximum Gasteiger partial charge on any atom is 0.251 e. The molecule has 0 radical (unpaired) electrons. The fourth-order valence-electron chi connectivity index (χ4n) is 2.68. The van der Waals surface area contributed by atoms with E-state index in [1.807, 2.05) is 37.3 Å². The molecule has 0 fully saturated rings. The summed E-state index contributed by atoms with van der Waals surface area (Å²) in [5.41, 5.74) is 5.32. The molecule has 3 heteroatoms. The fraction of sp³-hybridized carbons (Fsp3) is 0.211. The summed E-state index contributed by atoms with van der Waals surface area (Å²) < 4.78 is 1.04. The predicted molar refractivity (Wildman–Crippen MR) is 94.9 cm³/mol. The number of rotatable bonds is 2. The second-order valence-electron chi connectivity index (χ2n) is 5.69. The minimum Gasteiger partial charge on any atom is -0.322 e. The van der Waals surface area contributed by atoms with Crippen LogP contribution in [-0.2, 0) is 11.2 Å². The van der Waals surface area contributed by atoms with Crippen molar-refractivity contribution < 1.29 is 4.79 Å². The number of hydrogen-bond acceptors (Lipinski definition) is 1. The SMILES string of the molecule is Cc1ccc(NC(=O)C2=Cc3cc(Br)ccc3CCC2)cc1. The first-order chi connectivity index (χ1) is 10.6. The fourth-order valence-corrected chi connectivity index (χ4v) is 3.06. The van der Waals surface area contributed by atoms with Gasteiger partial charge in [0.2, 0.25) is 0 Å². The molecule has 2 aromatic carbocycles. The van der Waals surface area contributed by atoms with Gasteiger partial charge in [-0.15, -0.1) is 0 Å². The van der Waals surface area contributed by atoms with Crippen molar-refractivity contribution in [1.29, 1.82) is 0 Å². The van der Waals surface area contributed by atoms with E-state index in [1.165, 1.54) is 11.1 Å². The van der Waals surface area contributed by atoms with Gasteiger partial charge in [-0.3, -0.25) is 4.79 Å². The van der Waals surface area contributed by atoms with E-state index in [4.69, 9.17) is 0 Å². The molecular weight excluding hydrogens is 338 g/mol. The number of anilines is 1. The van der Waals surface area contributed by atoms with E-state index in [9.17, 15) is 4.79 Å². The van der Waals surface area contributed by atoms with Crippen molar-refractivity contribution in [1.82, 2.24) is 0 Å². The van der Waals surface area contributed by atoms with Gasteiger partial charge in [0.05, 0.1) is 0 Å². The molecule has 1 N–H and O–H groups in total. The van der Waals surface area contributed by atoms with E-state index in [-0.39, 0.29) is 5.91 Å². The predicted octanol–water partition coefficient (Wildman–Crippen LogP) is 5.12. The van der Waals surface area contributed by atoms with Crippen LogP contribution < -0.4 is 5.32 Å². The van der Waals surface area contributed by atoms with Crippen LogP contribution in [0.2, 0.25) is 0 Å². The zero-order chi connectivity index (χ0) is 15.5. The Balaban J connectivity index is 1.84. The van der Waals surface area contributed by atoms with Crippen LogP contribution in [0.3, 0.4) is 0 Å². The second-order valence-corrected chi connectivity index (χ2v) is 6.60. The topological polar surface area (TPSA) is 29.1 Å². The Hall–Kier alpha value is -1.87. The zero-order valence-electron chi connectivity index (χ0n) is 12.5. The summed E-state index contributed by atoms with van der Waals surface area (Å²) in [6, 6.07) is 14.2. The highest BCUT2D eigenvalue weighted by molar-refractivity contribution is 9.10. The van der Waals surface area contributed by atoms with Crippen LogP contribution in [0, 0.1) is 6.92 Å². The molecule has 3 rings (SSSR count). The Morgan fingerprint density at radius 3 is 2.64 bits per heavy atom. The van der Waals surface area contributed by atoms with E-state index in [1.54, 1.807) is 0 Å². The summed E-state index contributed by atoms with van der Waals surface area (Å²) in [7, 11) is 0. The molecule has 0 spiro atoms. The second kappa shape index (κ2) is 6.49. The molecule has 2 aromatic rings. The first kappa shape index (κ1) is 15.0. The smallest absolute Gasteiger partial charge is 0.251 e. The molecule has 0 aliphatic heterocycles. The van der Waals surface area contributed by atoms with Crippen LogP contribution in [0.25, 0.3) is 6.08 Å². The zero-order valence-corrected chi connectivity index (χ0v) is 14.1. The minimum absolute atomic E-state index is 0.00308. The highest BCUT2D eigenvalue weighted by Crippen LogP contribution is 2.26. The third-order valence-electron chi connectivity index (χ3n) is 3.93. The Morgan fingerprint density at radius 1 is 1.09 bits per heavy atom. The molecule has 0 saturated heterocycles. The van der Waals surface area contributed by atoms with E-state index < -0.39 is 0 Å². The number of halogens is 1. The largest absolute Gasteiger partial charge is 0.322 e. The molecule has 0 heterocycles. The highest BCUT2D eigenvalue weighted by atomic mass is 79.9. The number of fused-ring (bicyclic) bond motifs is 1. The minimum atomic E-state index is -0.00308. The summed E-state index contributed by atoms with van der Waals surface area (Å²) in [5, 5.41) is 2.99. The molecule has 0 unspecified atom stereocenters. The van der Waals surface area contributed by atoms with E-state index in [0.29, 0.717) is 0 Å². The highest BCUT2D eigenvalue weighted by Gasteiger charge is 2.15. The van der Waals surface area contributed by atoms with E-state index in [0.717, 1.165) is 40.6 Å². The van der Waals surface area contributed by atoms with Crippen LogP contribution in [0.1, 0.15) is 29.5 Å². The van der Waals surface area contributed by atoms with Gasteiger partial charge in [-0.05, 0) is 67.7 Å². The van der Waals surface area contributed by atoms with Gasteiger partial charge >= 0.3 is 0 Å². The normalized spacial score (nSPS) is 13.8. The van der Waals surface area contributed by atoms with Crippen molar-refractivity contribution in [2.24, 2.45) is 0 Å². The van der Waals surface area contributed by atoms with Crippen molar-refractivity contribution in [3.8, 4) is 0 Å². The van der Waals surface area contributed by atoms with E-state index in [2.05, 4.69) is 39.4 Å². The lowest BCUT2D eigenvalue weighted by Crippen LogP contribution is -2.14. The molecule has 22 heavy (non-hydrogen) atoms. The number of amides is 1. The summed E-state index contributed by atoms with van der Waals surface area (Å²) in [6.45, 7) is 2.04. The molecule has 0 aromatic heterocycles. The number of nitrogens with one attached hydrogen (secondary N) is 1. The van der Waals surface area contributed by atoms with Gasteiger partial charge in [-0.25, -0.2) is 0 Å². The molecule has 1 amide bonds. The summed E-state index contributed by atoms with van der Waals surface area (Å²) in [5.74, 6) is -0.00308. The van der Waals surface area contributed by atoms with Crippen LogP contribution in [0.4, 0.5) is 5.69 Å². The molecule has 2 nitrogen and oxygen atoms in total. The van der Waals surface area contributed by atoms with Crippen LogP contribution in [0.15, 0.2) is 52.5 Å². The molecule has 1 aliphatic rings. The van der Waals surface area contributed by atoms with Gasteiger partial charge in [0.1, 0.15) is 0 Å². The Morgan fingerprint density at radius 2 is 1.86 bits per heavy atom. The first-order valence-corrected chi connectivity index (χ1v) is 8.28. The molecule has 0 saturated carbocycles. The number of aryl methyl sites for hydroxylation is 2. The first-order valence-electron chi connectivity index (χ1n) is 7.49. The molecule has 0 bridgehead atoms. The van der Waals surface area contributed by atoms with Gasteiger partial charge in [-0.2, -0.15) is 0 Å². The van der Waals surface area contributed by atoms with E-state index >= 15 is 0 Å². The number of carbonyl (C=O) groups excluding carboxylic acids is 1. The summed E-state index contributed by atoms with van der Waals surface area (Å²) >= 11 is 3.50. The Labute approximate surface area is 139 Å². The lowest BCUT2D eigenvalue weighted by molar-refractivity contribution is -0.112. The summed E-state index contributed by atoms with van der Waals surface area (Å²) in [6.07, 6.45) is 4.85. The van der Waals surface area contributed by atoms with Gasteiger partial charge in [0.15, 0.2) is 0 Å². The maximum atomic E-state index is 12.5. The van der Waals surface area contributed by atoms with Gasteiger partial charge in [0.25, 0.3) is 5.91 Å². The number of benzene rings is 2. The van der Waals surface area contributed by atoms with Gasteiger partial charge < -0.3 is 5.32 Å². The van der Waals surface area contributed by atoms with Crippen molar-refractivity contribution in [2.45, 2.75) is 26.2 Å². The standard InChI is InChI=1S/C19H18BrNO/c1-13-5-9-18(10-6-13)21-19(22)15-4-2-3-14-7-8-17(20)12-16(14)11-15/h5-12H,2-4H2,1H3,(H,21,22). The van der Waals surface area contributed by atoms with Crippen molar-refractivity contribution >= 4 is 33.6 Å². The Kier molecular flexibility index (Phi) is 4.44. The third kappa shape index (κ3) is 3.47. The van der Waals surface area contributed by atoms with Gasteiger partial charge in [-0.1, -0.05) is 39.7 Å². The molecule has 1 aliphatic carbocycles. The molecular formula is C19H18BrNO. The average molecular weight is 356 g/mol. The lowest BCUT2D eigenvalue weighted by atomic mass is 10.0.